The molecular formula is C17H15ClN4. The second-order valence-electron chi connectivity index (χ2n) is 5.34. The number of aromatic nitrogens is 3. The highest BCUT2D eigenvalue weighted by atomic mass is 35.5. The third kappa shape index (κ3) is 2.35. The molecule has 0 aliphatic carbocycles. The summed E-state index contributed by atoms with van der Waals surface area (Å²) in [6.07, 6.45) is 3.58. The van der Waals surface area contributed by atoms with Crippen LogP contribution in [0.4, 0.5) is 5.82 Å². The van der Waals surface area contributed by atoms with Crippen LogP contribution in [0.25, 0.3) is 5.69 Å². The molecule has 0 fully saturated rings. The maximum absolute atomic E-state index is 5.98. The molecule has 0 saturated carbocycles. The van der Waals surface area contributed by atoms with E-state index in [-0.39, 0.29) is 0 Å². The molecule has 4 rings (SSSR count). The zero-order chi connectivity index (χ0) is 14.9. The largest absolute Gasteiger partial charge is 0.369 e. The van der Waals surface area contributed by atoms with Gasteiger partial charge in [-0.05, 0) is 42.8 Å². The Morgan fingerprint density at radius 3 is 2.77 bits per heavy atom. The lowest BCUT2D eigenvalue weighted by molar-refractivity contribution is 0.834. The van der Waals surface area contributed by atoms with Crippen LogP contribution in [0.2, 0.25) is 5.02 Å². The summed E-state index contributed by atoms with van der Waals surface area (Å²) in [6.45, 7) is 0.954. The van der Waals surface area contributed by atoms with Crippen molar-refractivity contribution >= 4 is 17.4 Å². The van der Waals surface area contributed by atoms with E-state index in [1.54, 1.807) is 0 Å². The molecule has 0 amide bonds. The molecule has 0 bridgehead atoms. The molecule has 5 heteroatoms. The molecule has 4 nitrogen and oxygen atoms in total. The van der Waals surface area contributed by atoms with Crippen molar-refractivity contribution < 1.29 is 0 Å². The summed E-state index contributed by atoms with van der Waals surface area (Å²) >= 11 is 5.98. The van der Waals surface area contributed by atoms with Crippen LogP contribution in [0, 0.1) is 0 Å². The van der Waals surface area contributed by atoms with Gasteiger partial charge in [-0.25, -0.2) is 4.68 Å². The van der Waals surface area contributed by atoms with Crippen LogP contribution in [-0.4, -0.2) is 21.3 Å². The van der Waals surface area contributed by atoms with Gasteiger partial charge in [0, 0.05) is 35.4 Å². The van der Waals surface area contributed by atoms with Crippen molar-refractivity contribution in [2.45, 2.75) is 12.8 Å². The Labute approximate surface area is 133 Å². The molecule has 0 unspecified atom stereocenters. The van der Waals surface area contributed by atoms with E-state index >= 15 is 0 Å². The second kappa shape index (κ2) is 5.46. The SMILES string of the molecule is Clc1ccc(-n2nc(Cc3ccccn3)c3c2NCC3)cc1. The van der Waals surface area contributed by atoms with Gasteiger partial charge in [-0.15, -0.1) is 0 Å². The minimum Gasteiger partial charge on any atom is -0.369 e. The summed E-state index contributed by atoms with van der Waals surface area (Å²) in [6, 6.07) is 13.7. The van der Waals surface area contributed by atoms with Crippen molar-refractivity contribution in [1.82, 2.24) is 14.8 Å². The number of hydrogen-bond donors (Lipinski definition) is 1. The fourth-order valence-corrected chi connectivity index (χ4v) is 2.96. The van der Waals surface area contributed by atoms with E-state index < -0.39 is 0 Å². The molecule has 0 spiro atoms. The lowest BCUT2D eigenvalue weighted by Gasteiger charge is -2.06. The van der Waals surface area contributed by atoms with Gasteiger partial charge in [-0.1, -0.05) is 17.7 Å². The quantitative estimate of drug-likeness (QED) is 0.805. The van der Waals surface area contributed by atoms with Gasteiger partial charge in [0.15, 0.2) is 0 Å². The normalized spacial score (nSPS) is 13.0. The molecule has 1 aliphatic rings. The number of halogens is 1. The summed E-state index contributed by atoms with van der Waals surface area (Å²) in [5.41, 5.74) is 4.44. The molecule has 0 radical (unpaired) electrons. The topological polar surface area (TPSA) is 42.7 Å². The van der Waals surface area contributed by atoms with Gasteiger partial charge in [0.2, 0.25) is 0 Å². The Balaban J connectivity index is 1.75. The molecule has 22 heavy (non-hydrogen) atoms. The van der Waals surface area contributed by atoms with Crippen molar-refractivity contribution in [3.8, 4) is 5.69 Å². The number of hydrogen-bond acceptors (Lipinski definition) is 3. The van der Waals surface area contributed by atoms with Crippen molar-refractivity contribution in [3.63, 3.8) is 0 Å². The van der Waals surface area contributed by atoms with E-state index in [0.717, 1.165) is 47.3 Å². The zero-order valence-electron chi connectivity index (χ0n) is 12.0. The molecule has 0 saturated heterocycles. The highest BCUT2D eigenvalue weighted by Gasteiger charge is 2.23. The Morgan fingerprint density at radius 2 is 2.00 bits per heavy atom. The number of pyridine rings is 1. The molecule has 1 aliphatic heterocycles. The summed E-state index contributed by atoms with van der Waals surface area (Å²) in [5.74, 6) is 1.09. The van der Waals surface area contributed by atoms with Crippen LogP contribution in [0.5, 0.6) is 0 Å². The third-order valence-corrected chi connectivity index (χ3v) is 4.13. The van der Waals surface area contributed by atoms with Crippen LogP contribution in [0.15, 0.2) is 48.7 Å². The van der Waals surface area contributed by atoms with Crippen molar-refractivity contribution in [1.29, 1.82) is 0 Å². The van der Waals surface area contributed by atoms with Crippen molar-refractivity contribution in [3.05, 3.63) is 70.6 Å². The first-order chi connectivity index (χ1) is 10.8. The first-order valence-electron chi connectivity index (χ1n) is 7.32. The maximum atomic E-state index is 5.98. The van der Waals surface area contributed by atoms with Gasteiger partial charge in [0.05, 0.1) is 11.4 Å². The molecule has 1 N–H and O–H groups in total. The second-order valence-corrected chi connectivity index (χ2v) is 5.77. The fraction of sp³-hybridized carbons (Fsp3) is 0.176. The lowest BCUT2D eigenvalue weighted by Crippen LogP contribution is -2.05. The Hall–Kier alpha value is -2.33. The molecule has 110 valence electrons. The van der Waals surface area contributed by atoms with Crippen molar-refractivity contribution in [2.75, 3.05) is 11.9 Å². The maximum Gasteiger partial charge on any atom is 0.133 e. The van der Waals surface area contributed by atoms with E-state index in [1.165, 1.54) is 5.56 Å². The number of fused-ring (bicyclic) bond motifs is 1. The Bertz CT molecular complexity index is 794. The summed E-state index contributed by atoms with van der Waals surface area (Å²) in [4.78, 5) is 4.41. The molecule has 2 aromatic heterocycles. The molecule has 1 aromatic carbocycles. The third-order valence-electron chi connectivity index (χ3n) is 3.88. The summed E-state index contributed by atoms with van der Waals surface area (Å²) < 4.78 is 1.97. The van der Waals surface area contributed by atoms with Crippen LogP contribution in [0.1, 0.15) is 17.0 Å². The minimum atomic E-state index is 0.731. The van der Waals surface area contributed by atoms with E-state index in [4.69, 9.17) is 16.7 Å². The molecule has 3 heterocycles. The summed E-state index contributed by atoms with van der Waals surface area (Å²) in [7, 11) is 0. The number of nitrogens with one attached hydrogen (secondary N) is 1. The van der Waals surface area contributed by atoms with Crippen LogP contribution >= 0.6 is 11.6 Å². The van der Waals surface area contributed by atoms with E-state index in [0.29, 0.717) is 0 Å². The summed E-state index contributed by atoms with van der Waals surface area (Å²) in [5, 5.41) is 8.96. The Kier molecular flexibility index (Phi) is 3.31. The number of benzene rings is 1. The van der Waals surface area contributed by atoms with Gasteiger partial charge in [0.25, 0.3) is 0 Å². The van der Waals surface area contributed by atoms with Crippen molar-refractivity contribution in [2.24, 2.45) is 0 Å². The predicted octanol–water partition coefficient (Wildman–Crippen LogP) is 3.48. The number of nitrogens with zero attached hydrogens (tertiary/aromatic N) is 3. The monoisotopic (exact) mass is 310 g/mol. The minimum absolute atomic E-state index is 0.731. The molecule has 3 aromatic rings. The van der Waals surface area contributed by atoms with Crippen LogP contribution in [0.3, 0.4) is 0 Å². The molecular weight excluding hydrogens is 296 g/mol. The Morgan fingerprint density at radius 1 is 1.14 bits per heavy atom. The van der Waals surface area contributed by atoms with Gasteiger partial charge in [-0.2, -0.15) is 5.10 Å². The standard InChI is InChI=1S/C17H15ClN4/c18-12-4-6-14(7-5-12)22-17-15(8-10-20-17)16(21-22)11-13-3-1-2-9-19-13/h1-7,9,20H,8,10-11H2. The van der Waals surface area contributed by atoms with Crippen LogP contribution < -0.4 is 5.32 Å². The van der Waals surface area contributed by atoms with E-state index in [2.05, 4.69) is 10.3 Å². The molecule has 0 atom stereocenters. The average molecular weight is 311 g/mol. The van der Waals surface area contributed by atoms with Gasteiger partial charge in [-0.3, -0.25) is 4.98 Å². The number of rotatable bonds is 3. The fourth-order valence-electron chi connectivity index (χ4n) is 2.83. The predicted molar refractivity (Wildman–Crippen MR) is 87.8 cm³/mol. The van der Waals surface area contributed by atoms with Gasteiger partial charge in [0.1, 0.15) is 5.82 Å². The van der Waals surface area contributed by atoms with Gasteiger partial charge < -0.3 is 5.32 Å². The van der Waals surface area contributed by atoms with Crippen LogP contribution in [-0.2, 0) is 12.8 Å². The first-order valence-corrected chi connectivity index (χ1v) is 7.69. The van der Waals surface area contributed by atoms with E-state index in [1.807, 2.05) is 53.3 Å². The zero-order valence-corrected chi connectivity index (χ0v) is 12.7. The highest BCUT2D eigenvalue weighted by molar-refractivity contribution is 6.30. The number of anilines is 1. The smallest absolute Gasteiger partial charge is 0.133 e. The lowest BCUT2D eigenvalue weighted by atomic mass is 10.1. The first kappa shape index (κ1) is 13.3. The highest BCUT2D eigenvalue weighted by Crippen LogP contribution is 2.30. The van der Waals surface area contributed by atoms with Gasteiger partial charge >= 0.3 is 0 Å². The average Bonchev–Trinajstić information content (AvgIpc) is 3.13. The van der Waals surface area contributed by atoms with E-state index in [9.17, 15) is 0 Å².